The quantitative estimate of drug-likeness (QED) is 0.488. The first-order valence-electron chi connectivity index (χ1n) is 10.1. The third-order valence-corrected chi connectivity index (χ3v) is 5.00. The lowest BCUT2D eigenvalue weighted by molar-refractivity contribution is -0.116. The number of nitrogens with zero attached hydrogens (tertiary/aromatic N) is 4. The summed E-state index contributed by atoms with van der Waals surface area (Å²) in [5.41, 5.74) is 3.29. The number of hydrogen-bond donors (Lipinski definition) is 1. The Hall–Kier alpha value is -3.87. The molecular formula is C24H23N5O2. The van der Waals surface area contributed by atoms with Gasteiger partial charge in [-0.15, -0.1) is 0 Å². The summed E-state index contributed by atoms with van der Waals surface area (Å²) in [5, 5.41) is 4.96. The average molecular weight is 413 g/mol. The first kappa shape index (κ1) is 20.4. The molecule has 0 bridgehead atoms. The van der Waals surface area contributed by atoms with Crippen molar-refractivity contribution in [1.82, 2.24) is 19.9 Å². The van der Waals surface area contributed by atoms with Gasteiger partial charge >= 0.3 is 0 Å². The van der Waals surface area contributed by atoms with Crippen LogP contribution in [-0.4, -0.2) is 33.0 Å². The average Bonchev–Trinajstić information content (AvgIpc) is 2.83. The Balaban J connectivity index is 1.68. The Kier molecular flexibility index (Phi) is 6.12. The lowest BCUT2D eigenvalue weighted by Crippen LogP contribution is -2.13. The monoisotopic (exact) mass is 413 g/mol. The number of rotatable bonds is 7. The Labute approximate surface area is 180 Å². The summed E-state index contributed by atoms with van der Waals surface area (Å²) in [7, 11) is 1.63. The van der Waals surface area contributed by atoms with Gasteiger partial charge in [0.05, 0.1) is 12.8 Å². The third-order valence-electron chi connectivity index (χ3n) is 5.00. The van der Waals surface area contributed by atoms with Crippen LogP contribution in [0.1, 0.15) is 24.9 Å². The second-order valence-corrected chi connectivity index (χ2v) is 7.07. The van der Waals surface area contributed by atoms with Crippen LogP contribution in [0, 0.1) is 0 Å². The molecule has 0 atom stereocenters. The molecule has 0 saturated heterocycles. The molecule has 31 heavy (non-hydrogen) atoms. The largest absolute Gasteiger partial charge is 0.497 e. The zero-order chi connectivity index (χ0) is 21.6. The highest BCUT2D eigenvalue weighted by molar-refractivity contribution is 6.04. The van der Waals surface area contributed by atoms with Gasteiger partial charge < -0.3 is 10.1 Å². The number of ether oxygens (including phenoxy) is 1. The topological polar surface area (TPSA) is 89.9 Å². The number of amides is 1. The second kappa shape index (κ2) is 9.30. The van der Waals surface area contributed by atoms with E-state index in [0.29, 0.717) is 12.8 Å². The van der Waals surface area contributed by atoms with Crippen molar-refractivity contribution in [3.05, 3.63) is 72.7 Å². The highest BCUT2D eigenvalue weighted by Crippen LogP contribution is 2.33. The Morgan fingerprint density at radius 2 is 1.97 bits per heavy atom. The molecule has 4 rings (SSSR count). The molecule has 0 aliphatic heterocycles. The number of fused-ring (bicyclic) bond motifs is 1. The van der Waals surface area contributed by atoms with Crippen LogP contribution in [0.5, 0.6) is 5.75 Å². The lowest BCUT2D eigenvalue weighted by atomic mass is 10.0. The van der Waals surface area contributed by atoms with Crippen LogP contribution in [0.25, 0.3) is 22.0 Å². The van der Waals surface area contributed by atoms with Crippen LogP contribution in [0.2, 0.25) is 0 Å². The molecule has 0 fully saturated rings. The van der Waals surface area contributed by atoms with Crippen molar-refractivity contribution >= 4 is 22.4 Å². The summed E-state index contributed by atoms with van der Waals surface area (Å²) in [6.07, 6.45) is 6.55. The SMILES string of the molecule is CCc1nccc(-c2cc(NC(=O)CCc3ccncn3)c3cc(OC)ccc3c2)n1. The molecular weight excluding hydrogens is 390 g/mol. The number of carbonyl (C=O) groups excluding carboxylic acids is 1. The maximum atomic E-state index is 12.7. The standard InChI is InChI=1S/C24H23N5O2/c1-3-23-26-11-9-21(28-23)17-12-16-4-6-19(31-2)14-20(16)22(13-17)29-24(30)7-5-18-8-10-25-15-27-18/h4,6,8-15H,3,5,7H2,1-2H3,(H,29,30). The van der Waals surface area contributed by atoms with E-state index >= 15 is 0 Å². The highest BCUT2D eigenvalue weighted by Gasteiger charge is 2.12. The van der Waals surface area contributed by atoms with Crippen LogP contribution in [0.4, 0.5) is 5.69 Å². The number of aromatic nitrogens is 4. The lowest BCUT2D eigenvalue weighted by Gasteiger charge is -2.13. The van der Waals surface area contributed by atoms with Gasteiger partial charge in [-0.2, -0.15) is 0 Å². The minimum Gasteiger partial charge on any atom is -0.497 e. The molecule has 0 aliphatic carbocycles. The predicted molar refractivity (Wildman–Crippen MR) is 120 cm³/mol. The van der Waals surface area contributed by atoms with Crippen molar-refractivity contribution in [1.29, 1.82) is 0 Å². The molecule has 0 spiro atoms. The zero-order valence-corrected chi connectivity index (χ0v) is 17.5. The fourth-order valence-corrected chi connectivity index (χ4v) is 3.37. The number of carbonyl (C=O) groups is 1. The van der Waals surface area contributed by atoms with E-state index in [4.69, 9.17) is 4.74 Å². The Morgan fingerprint density at radius 1 is 1.06 bits per heavy atom. The summed E-state index contributed by atoms with van der Waals surface area (Å²) in [5.74, 6) is 1.42. The van der Waals surface area contributed by atoms with Gasteiger partial charge in [-0.1, -0.05) is 13.0 Å². The molecule has 0 radical (unpaired) electrons. The molecule has 0 aliphatic rings. The normalized spacial score (nSPS) is 10.8. The molecule has 2 heterocycles. The van der Waals surface area contributed by atoms with Gasteiger partial charge in [0, 0.05) is 47.6 Å². The van der Waals surface area contributed by atoms with Crippen molar-refractivity contribution in [3.63, 3.8) is 0 Å². The summed E-state index contributed by atoms with van der Waals surface area (Å²) in [4.78, 5) is 29.7. The van der Waals surface area contributed by atoms with Crippen molar-refractivity contribution < 1.29 is 9.53 Å². The predicted octanol–water partition coefficient (Wildman–Crippen LogP) is 4.23. The van der Waals surface area contributed by atoms with Crippen LogP contribution in [0.15, 0.2) is 61.2 Å². The number of nitrogens with one attached hydrogen (secondary N) is 1. The molecule has 156 valence electrons. The molecule has 2 aromatic carbocycles. The molecule has 2 aromatic heterocycles. The maximum absolute atomic E-state index is 12.7. The summed E-state index contributed by atoms with van der Waals surface area (Å²) < 4.78 is 5.39. The molecule has 1 N–H and O–H groups in total. The summed E-state index contributed by atoms with van der Waals surface area (Å²) >= 11 is 0. The number of hydrogen-bond acceptors (Lipinski definition) is 6. The number of benzene rings is 2. The van der Waals surface area contributed by atoms with E-state index in [0.717, 1.165) is 51.4 Å². The second-order valence-electron chi connectivity index (χ2n) is 7.07. The van der Waals surface area contributed by atoms with E-state index in [9.17, 15) is 4.79 Å². The van der Waals surface area contributed by atoms with Gasteiger partial charge in [0.15, 0.2) is 0 Å². The smallest absolute Gasteiger partial charge is 0.224 e. The first-order chi connectivity index (χ1) is 15.2. The van der Waals surface area contributed by atoms with Gasteiger partial charge in [-0.05, 0) is 48.2 Å². The van der Waals surface area contributed by atoms with Gasteiger partial charge in [-0.3, -0.25) is 4.79 Å². The minimum atomic E-state index is -0.0863. The molecule has 4 aromatic rings. The molecule has 0 unspecified atom stereocenters. The van der Waals surface area contributed by atoms with E-state index < -0.39 is 0 Å². The first-order valence-corrected chi connectivity index (χ1v) is 10.1. The zero-order valence-electron chi connectivity index (χ0n) is 17.5. The van der Waals surface area contributed by atoms with Crippen molar-refractivity contribution in [2.75, 3.05) is 12.4 Å². The van der Waals surface area contributed by atoms with Gasteiger partial charge in [0.2, 0.25) is 5.91 Å². The Morgan fingerprint density at radius 3 is 2.74 bits per heavy atom. The van der Waals surface area contributed by atoms with E-state index in [1.165, 1.54) is 6.33 Å². The summed E-state index contributed by atoms with van der Waals surface area (Å²) in [6.45, 7) is 2.02. The molecule has 7 heteroatoms. The van der Waals surface area contributed by atoms with Crippen LogP contribution < -0.4 is 10.1 Å². The Bertz CT molecular complexity index is 1210. The van der Waals surface area contributed by atoms with Gasteiger partial charge in [0.25, 0.3) is 0 Å². The van der Waals surface area contributed by atoms with Gasteiger partial charge in [-0.25, -0.2) is 19.9 Å². The molecule has 1 amide bonds. The number of aryl methyl sites for hydroxylation is 2. The van der Waals surface area contributed by atoms with Crippen LogP contribution >= 0.6 is 0 Å². The van der Waals surface area contributed by atoms with E-state index in [1.54, 1.807) is 19.5 Å². The fraction of sp³-hybridized carbons (Fsp3) is 0.208. The highest BCUT2D eigenvalue weighted by atomic mass is 16.5. The van der Waals surface area contributed by atoms with E-state index in [-0.39, 0.29) is 5.91 Å². The molecule has 7 nitrogen and oxygen atoms in total. The minimum absolute atomic E-state index is 0.0863. The number of anilines is 1. The maximum Gasteiger partial charge on any atom is 0.224 e. The van der Waals surface area contributed by atoms with Crippen molar-refractivity contribution in [3.8, 4) is 17.0 Å². The van der Waals surface area contributed by atoms with Gasteiger partial charge in [0.1, 0.15) is 17.9 Å². The van der Waals surface area contributed by atoms with Crippen LogP contribution in [0.3, 0.4) is 0 Å². The van der Waals surface area contributed by atoms with Crippen molar-refractivity contribution in [2.24, 2.45) is 0 Å². The van der Waals surface area contributed by atoms with Crippen LogP contribution in [-0.2, 0) is 17.6 Å². The molecule has 0 saturated carbocycles. The van der Waals surface area contributed by atoms with E-state index in [2.05, 4.69) is 31.3 Å². The van der Waals surface area contributed by atoms with E-state index in [1.807, 2.05) is 43.3 Å². The summed E-state index contributed by atoms with van der Waals surface area (Å²) in [6, 6.07) is 13.5. The number of methoxy groups -OCH3 is 1. The fourth-order valence-electron chi connectivity index (χ4n) is 3.37. The third kappa shape index (κ3) is 4.83. The van der Waals surface area contributed by atoms with Crippen molar-refractivity contribution in [2.45, 2.75) is 26.2 Å².